The van der Waals surface area contributed by atoms with E-state index in [9.17, 15) is 0 Å². The number of benzene rings is 1. The van der Waals surface area contributed by atoms with Crippen molar-refractivity contribution in [3.63, 3.8) is 0 Å². The predicted octanol–water partition coefficient (Wildman–Crippen LogP) is 3.73. The lowest BCUT2D eigenvalue weighted by atomic mass is 10.3. The van der Waals surface area contributed by atoms with Gasteiger partial charge in [0.05, 0.1) is 15.7 Å². The van der Waals surface area contributed by atoms with Gasteiger partial charge in [0, 0.05) is 17.6 Å². The molecule has 0 aromatic heterocycles. The van der Waals surface area contributed by atoms with Gasteiger partial charge in [-0.2, -0.15) is 0 Å². The minimum absolute atomic E-state index is 0.633. The molecule has 0 saturated carbocycles. The number of nitrogens with one attached hydrogen (secondary N) is 1. The van der Waals surface area contributed by atoms with E-state index >= 15 is 0 Å². The van der Waals surface area contributed by atoms with Crippen molar-refractivity contribution >= 4 is 44.8 Å². The highest BCUT2D eigenvalue weighted by Crippen LogP contribution is 2.33. The van der Waals surface area contributed by atoms with Crippen LogP contribution in [0.1, 0.15) is 0 Å². The van der Waals surface area contributed by atoms with Crippen LogP contribution in [-0.4, -0.2) is 32.1 Å². The molecule has 5 heteroatoms. The third kappa shape index (κ3) is 4.19. The molecule has 0 heterocycles. The molecule has 1 aromatic carbocycles. The SMILES string of the molecule is CN(C)CCNc1c(Cl)cc(Br)cc1Cl. The van der Waals surface area contributed by atoms with Crippen LogP contribution in [0.5, 0.6) is 0 Å². The number of likely N-dealkylation sites (N-methyl/N-ethyl adjacent to an activating group) is 1. The van der Waals surface area contributed by atoms with Crippen LogP contribution < -0.4 is 5.32 Å². The summed E-state index contributed by atoms with van der Waals surface area (Å²) in [6, 6.07) is 3.65. The summed E-state index contributed by atoms with van der Waals surface area (Å²) in [7, 11) is 4.04. The summed E-state index contributed by atoms with van der Waals surface area (Å²) in [5, 5.41) is 4.48. The summed E-state index contributed by atoms with van der Waals surface area (Å²) < 4.78 is 0.885. The van der Waals surface area contributed by atoms with E-state index in [0.717, 1.165) is 23.2 Å². The highest BCUT2D eigenvalue weighted by atomic mass is 79.9. The average Bonchev–Trinajstić information content (AvgIpc) is 2.08. The number of rotatable bonds is 4. The molecular formula is C10H13BrCl2N2. The van der Waals surface area contributed by atoms with E-state index < -0.39 is 0 Å². The Labute approximate surface area is 109 Å². The van der Waals surface area contributed by atoms with Gasteiger partial charge in [-0.25, -0.2) is 0 Å². The van der Waals surface area contributed by atoms with Crippen molar-refractivity contribution < 1.29 is 0 Å². The van der Waals surface area contributed by atoms with E-state index in [1.807, 2.05) is 26.2 Å². The molecule has 0 amide bonds. The molecule has 0 unspecified atom stereocenters. The summed E-state index contributed by atoms with van der Waals surface area (Å²) in [5.74, 6) is 0. The Kier molecular flexibility index (Phi) is 5.19. The Hall–Kier alpha value is 0.0400. The Morgan fingerprint density at radius 2 is 1.80 bits per heavy atom. The van der Waals surface area contributed by atoms with Gasteiger partial charge < -0.3 is 10.2 Å². The van der Waals surface area contributed by atoms with Crippen LogP contribution in [0.4, 0.5) is 5.69 Å². The maximum Gasteiger partial charge on any atom is 0.0720 e. The van der Waals surface area contributed by atoms with Gasteiger partial charge in [-0.1, -0.05) is 39.1 Å². The molecule has 2 nitrogen and oxygen atoms in total. The van der Waals surface area contributed by atoms with Crippen molar-refractivity contribution in [3.8, 4) is 0 Å². The van der Waals surface area contributed by atoms with Crippen molar-refractivity contribution in [3.05, 3.63) is 26.7 Å². The zero-order chi connectivity index (χ0) is 11.4. The zero-order valence-electron chi connectivity index (χ0n) is 8.65. The minimum atomic E-state index is 0.633. The molecule has 1 rings (SSSR count). The smallest absolute Gasteiger partial charge is 0.0720 e. The van der Waals surface area contributed by atoms with Crippen molar-refractivity contribution in [2.75, 3.05) is 32.5 Å². The Morgan fingerprint density at radius 1 is 1.27 bits per heavy atom. The van der Waals surface area contributed by atoms with Gasteiger partial charge in [-0.05, 0) is 26.2 Å². The Morgan fingerprint density at radius 3 is 2.27 bits per heavy atom. The van der Waals surface area contributed by atoms with Crippen LogP contribution in [0.2, 0.25) is 10.0 Å². The highest BCUT2D eigenvalue weighted by Gasteiger charge is 2.06. The molecular weight excluding hydrogens is 299 g/mol. The van der Waals surface area contributed by atoms with Crippen molar-refractivity contribution in [1.82, 2.24) is 4.90 Å². The van der Waals surface area contributed by atoms with Crippen LogP contribution in [-0.2, 0) is 0 Å². The molecule has 0 spiro atoms. The molecule has 1 aromatic rings. The molecule has 15 heavy (non-hydrogen) atoms. The lowest BCUT2D eigenvalue weighted by molar-refractivity contribution is 0.425. The molecule has 84 valence electrons. The topological polar surface area (TPSA) is 15.3 Å². The van der Waals surface area contributed by atoms with Crippen LogP contribution >= 0.6 is 39.1 Å². The second-order valence-electron chi connectivity index (χ2n) is 3.47. The highest BCUT2D eigenvalue weighted by molar-refractivity contribution is 9.10. The predicted molar refractivity (Wildman–Crippen MR) is 71.2 cm³/mol. The number of anilines is 1. The van der Waals surface area contributed by atoms with Crippen molar-refractivity contribution in [2.45, 2.75) is 0 Å². The lowest BCUT2D eigenvalue weighted by Gasteiger charge is -2.13. The second kappa shape index (κ2) is 5.94. The fourth-order valence-corrected chi connectivity index (χ4v) is 2.46. The van der Waals surface area contributed by atoms with Gasteiger partial charge in [-0.15, -0.1) is 0 Å². The van der Waals surface area contributed by atoms with Crippen LogP contribution in [0.3, 0.4) is 0 Å². The summed E-state index contributed by atoms with van der Waals surface area (Å²) in [5.41, 5.74) is 0.795. The van der Waals surface area contributed by atoms with E-state index in [4.69, 9.17) is 23.2 Å². The first kappa shape index (κ1) is 13.1. The summed E-state index contributed by atoms with van der Waals surface area (Å²) in [6.07, 6.45) is 0. The zero-order valence-corrected chi connectivity index (χ0v) is 11.7. The van der Waals surface area contributed by atoms with E-state index in [1.54, 1.807) is 0 Å². The van der Waals surface area contributed by atoms with Crippen LogP contribution in [0.25, 0.3) is 0 Å². The van der Waals surface area contributed by atoms with Crippen LogP contribution in [0, 0.1) is 0 Å². The first-order valence-electron chi connectivity index (χ1n) is 4.54. The van der Waals surface area contributed by atoms with Gasteiger partial charge in [0.1, 0.15) is 0 Å². The average molecular weight is 312 g/mol. The van der Waals surface area contributed by atoms with Gasteiger partial charge >= 0.3 is 0 Å². The molecule has 0 fully saturated rings. The normalized spacial score (nSPS) is 10.8. The monoisotopic (exact) mass is 310 g/mol. The molecule has 0 saturated heterocycles. The van der Waals surface area contributed by atoms with Gasteiger partial charge in [0.25, 0.3) is 0 Å². The summed E-state index contributed by atoms with van der Waals surface area (Å²) >= 11 is 15.5. The van der Waals surface area contributed by atoms with E-state index in [1.165, 1.54) is 0 Å². The van der Waals surface area contributed by atoms with E-state index in [2.05, 4.69) is 26.1 Å². The lowest BCUT2D eigenvalue weighted by Crippen LogP contribution is -2.21. The maximum atomic E-state index is 6.06. The molecule has 0 bridgehead atoms. The van der Waals surface area contributed by atoms with E-state index in [-0.39, 0.29) is 0 Å². The fourth-order valence-electron chi connectivity index (χ4n) is 1.12. The molecule has 0 aliphatic heterocycles. The van der Waals surface area contributed by atoms with E-state index in [0.29, 0.717) is 10.0 Å². The fraction of sp³-hybridized carbons (Fsp3) is 0.400. The van der Waals surface area contributed by atoms with Crippen LogP contribution in [0.15, 0.2) is 16.6 Å². The maximum absolute atomic E-state index is 6.06. The molecule has 1 N–H and O–H groups in total. The number of hydrogen-bond donors (Lipinski definition) is 1. The standard InChI is InChI=1S/C10H13BrCl2N2/c1-15(2)4-3-14-10-8(12)5-7(11)6-9(10)13/h5-6,14H,3-4H2,1-2H3. The van der Waals surface area contributed by atoms with Gasteiger partial charge in [-0.3, -0.25) is 0 Å². The quantitative estimate of drug-likeness (QED) is 0.911. The minimum Gasteiger partial charge on any atom is -0.381 e. The first-order valence-corrected chi connectivity index (χ1v) is 6.08. The van der Waals surface area contributed by atoms with Gasteiger partial charge in [0.2, 0.25) is 0 Å². The first-order chi connectivity index (χ1) is 7.00. The second-order valence-corrected chi connectivity index (χ2v) is 5.20. The molecule has 0 radical (unpaired) electrons. The molecule has 0 aliphatic carbocycles. The van der Waals surface area contributed by atoms with Crippen molar-refractivity contribution in [2.24, 2.45) is 0 Å². The Balaban J connectivity index is 2.68. The van der Waals surface area contributed by atoms with Gasteiger partial charge in [0.15, 0.2) is 0 Å². The number of nitrogens with zero attached hydrogens (tertiary/aromatic N) is 1. The number of halogens is 3. The third-order valence-electron chi connectivity index (χ3n) is 1.87. The summed E-state index contributed by atoms with van der Waals surface area (Å²) in [4.78, 5) is 2.09. The third-order valence-corrected chi connectivity index (χ3v) is 2.92. The van der Waals surface area contributed by atoms with Crippen molar-refractivity contribution in [1.29, 1.82) is 0 Å². The molecule has 0 atom stereocenters. The number of hydrogen-bond acceptors (Lipinski definition) is 2. The molecule has 0 aliphatic rings. The largest absolute Gasteiger partial charge is 0.381 e. The Bertz CT molecular complexity index is 319. The summed E-state index contributed by atoms with van der Waals surface area (Å²) in [6.45, 7) is 1.75.